The fourth-order valence-corrected chi connectivity index (χ4v) is 1.85. The largest absolute Gasteiger partial charge is 0.484 e. The van der Waals surface area contributed by atoms with Crippen molar-refractivity contribution in [1.29, 1.82) is 0 Å². The van der Waals surface area contributed by atoms with E-state index in [1.807, 2.05) is 0 Å². The molecule has 0 saturated heterocycles. The van der Waals surface area contributed by atoms with Crippen molar-refractivity contribution in [2.24, 2.45) is 5.73 Å². The number of nitrogens with one attached hydrogen (secondary N) is 1. The van der Waals surface area contributed by atoms with Gasteiger partial charge in [-0.3, -0.25) is 19.7 Å². The van der Waals surface area contributed by atoms with Gasteiger partial charge in [-0.15, -0.1) is 0 Å². The van der Waals surface area contributed by atoms with Gasteiger partial charge >= 0.3 is 0 Å². The van der Waals surface area contributed by atoms with Gasteiger partial charge in [0.1, 0.15) is 5.75 Å². The highest BCUT2D eigenvalue weighted by atomic mass is 16.6. The Bertz CT molecular complexity index is 798. The summed E-state index contributed by atoms with van der Waals surface area (Å²) in [6, 6.07) is 12.3. The molecule has 0 fully saturated rings. The van der Waals surface area contributed by atoms with Crippen molar-refractivity contribution in [3.05, 3.63) is 70.3 Å². The lowest BCUT2D eigenvalue weighted by molar-refractivity contribution is -0.384. The maximum atomic E-state index is 11.9. The van der Waals surface area contributed by atoms with E-state index in [0.29, 0.717) is 17.0 Å². The number of nitrogens with zero attached hydrogens (tertiary/aromatic N) is 1. The third kappa shape index (κ3) is 5.79. The number of carbonyl (C=O) groups excluding carboxylic acids is 2. The van der Waals surface area contributed by atoms with Gasteiger partial charge in [0.05, 0.1) is 4.92 Å². The topological polar surface area (TPSA) is 125 Å². The average Bonchev–Trinajstić information content (AvgIpc) is 2.59. The summed E-state index contributed by atoms with van der Waals surface area (Å²) in [6.07, 6.45) is 2.86. The third-order valence-corrected chi connectivity index (χ3v) is 3.03. The van der Waals surface area contributed by atoms with Crippen LogP contribution in [0.15, 0.2) is 54.6 Å². The summed E-state index contributed by atoms with van der Waals surface area (Å²) in [5, 5.41) is 13.2. The number of benzene rings is 2. The van der Waals surface area contributed by atoms with Gasteiger partial charge in [0.2, 0.25) is 5.91 Å². The standard InChI is InChI=1S/C17H15N3O5/c18-16(21)11-25-15-8-4-13(5-9-15)19-17(22)10-3-12-1-6-14(7-2-12)20(23)24/h1-10H,11H2,(H2,18,21)(H,19,22)/b10-3+. The van der Waals surface area contributed by atoms with E-state index in [1.165, 1.54) is 18.2 Å². The number of hydrogen-bond acceptors (Lipinski definition) is 5. The lowest BCUT2D eigenvalue weighted by atomic mass is 10.2. The molecule has 0 aliphatic heterocycles. The molecule has 0 aromatic heterocycles. The van der Waals surface area contributed by atoms with Crippen LogP contribution in [0.4, 0.5) is 11.4 Å². The zero-order valence-corrected chi connectivity index (χ0v) is 13.0. The highest BCUT2D eigenvalue weighted by Gasteiger charge is 2.03. The molecule has 0 aliphatic rings. The van der Waals surface area contributed by atoms with Crippen molar-refractivity contribution in [3.63, 3.8) is 0 Å². The molecule has 0 radical (unpaired) electrons. The fraction of sp³-hybridized carbons (Fsp3) is 0.0588. The number of primary amides is 1. The maximum absolute atomic E-state index is 11.9. The first-order valence-electron chi connectivity index (χ1n) is 7.19. The highest BCUT2D eigenvalue weighted by molar-refractivity contribution is 6.01. The van der Waals surface area contributed by atoms with E-state index >= 15 is 0 Å². The summed E-state index contributed by atoms with van der Waals surface area (Å²) < 4.78 is 5.11. The number of amides is 2. The number of ether oxygens (including phenoxy) is 1. The van der Waals surface area contributed by atoms with Crippen molar-refractivity contribution in [2.45, 2.75) is 0 Å². The van der Waals surface area contributed by atoms with Crippen molar-refractivity contribution in [1.82, 2.24) is 0 Å². The molecule has 128 valence electrons. The van der Waals surface area contributed by atoms with Crippen LogP contribution in [-0.2, 0) is 9.59 Å². The number of non-ortho nitro benzene ring substituents is 1. The molecule has 2 aromatic carbocycles. The zero-order valence-electron chi connectivity index (χ0n) is 13.0. The summed E-state index contributed by atoms with van der Waals surface area (Å²) in [5.41, 5.74) is 6.17. The summed E-state index contributed by atoms with van der Waals surface area (Å²) in [6.45, 7) is -0.219. The monoisotopic (exact) mass is 341 g/mol. The molecular formula is C17H15N3O5. The second kappa shape index (κ2) is 8.25. The first kappa shape index (κ1) is 17.7. The molecule has 0 aliphatic carbocycles. The predicted octanol–water partition coefficient (Wildman–Crippen LogP) is 2.11. The Morgan fingerprint density at radius 1 is 1.12 bits per heavy atom. The summed E-state index contributed by atoms with van der Waals surface area (Å²) in [4.78, 5) is 32.6. The highest BCUT2D eigenvalue weighted by Crippen LogP contribution is 2.16. The Morgan fingerprint density at radius 2 is 1.76 bits per heavy atom. The van der Waals surface area contributed by atoms with Gasteiger partial charge in [-0.2, -0.15) is 0 Å². The average molecular weight is 341 g/mol. The molecule has 25 heavy (non-hydrogen) atoms. The van der Waals surface area contributed by atoms with Crippen LogP contribution in [0.2, 0.25) is 0 Å². The minimum Gasteiger partial charge on any atom is -0.484 e. The van der Waals surface area contributed by atoms with E-state index in [1.54, 1.807) is 42.5 Å². The van der Waals surface area contributed by atoms with E-state index in [4.69, 9.17) is 10.5 Å². The van der Waals surface area contributed by atoms with E-state index in [9.17, 15) is 19.7 Å². The van der Waals surface area contributed by atoms with Crippen molar-refractivity contribution >= 4 is 29.3 Å². The number of hydrogen-bond donors (Lipinski definition) is 2. The molecule has 0 atom stereocenters. The third-order valence-electron chi connectivity index (χ3n) is 3.03. The summed E-state index contributed by atoms with van der Waals surface area (Å²) >= 11 is 0. The quantitative estimate of drug-likeness (QED) is 0.453. The van der Waals surface area contributed by atoms with Gasteiger partial charge in [-0.05, 0) is 48.0 Å². The predicted molar refractivity (Wildman–Crippen MR) is 91.9 cm³/mol. The second-order valence-electron chi connectivity index (χ2n) is 4.95. The normalized spacial score (nSPS) is 10.4. The van der Waals surface area contributed by atoms with Crippen LogP contribution in [0, 0.1) is 10.1 Å². The van der Waals surface area contributed by atoms with Gasteiger partial charge in [0.15, 0.2) is 6.61 Å². The van der Waals surface area contributed by atoms with Crippen molar-refractivity contribution in [2.75, 3.05) is 11.9 Å². The van der Waals surface area contributed by atoms with Crippen LogP contribution in [-0.4, -0.2) is 23.3 Å². The Morgan fingerprint density at radius 3 is 2.32 bits per heavy atom. The van der Waals surface area contributed by atoms with Crippen molar-refractivity contribution < 1.29 is 19.2 Å². The lowest BCUT2D eigenvalue weighted by Crippen LogP contribution is -2.20. The van der Waals surface area contributed by atoms with Gasteiger partial charge in [-0.25, -0.2) is 0 Å². The number of rotatable bonds is 7. The van der Waals surface area contributed by atoms with Crippen LogP contribution in [0.5, 0.6) is 5.75 Å². The first-order valence-corrected chi connectivity index (χ1v) is 7.19. The molecule has 8 heteroatoms. The van der Waals surface area contributed by atoms with E-state index in [0.717, 1.165) is 0 Å². The fourth-order valence-electron chi connectivity index (χ4n) is 1.85. The molecule has 0 unspecified atom stereocenters. The molecule has 0 heterocycles. The Labute approximate surface area is 143 Å². The number of anilines is 1. The van der Waals surface area contributed by atoms with E-state index < -0.39 is 10.8 Å². The first-order chi connectivity index (χ1) is 11.9. The number of nitro groups is 1. The van der Waals surface area contributed by atoms with Gasteiger partial charge in [-0.1, -0.05) is 0 Å². The number of nitrogens with two attached hydrogens (primary N) is 1. The second-order valence-corrected chi connectivity index (χ2v) is 4.95. The molecule has 2 rings (SSSR count). The van der Waals surface area contributed by atoms with Crippen LogP contribution in [0.25, 0.3) is 6.08 Å². The van der Waals surface area contributed by atoms with Gasteiger partial charge < -0.3 is 15.8 Å². The molecule has 0 spiro atoms. The lowest BCUT2D eigenvalue weighted by Gasteiger charge is -2.05. The van der Waals surface area contributed by atoms with E-state index in [2.05, 4.69) is 5.32 Å². The summed E-state index contributed by atoms with van der Waals surface area (Å²) in [7, 11) is 0. The van der Waals surface area contributed by atoms with Gasteiger partial charge in [0.25, 0.3) is 11.6 Å². The molecule has 0 bridgehead atoms. The Balaban J connectivity index is 1.90. The minimum atomic E-state index is -0.575. The Kier molecular flexibility index (Phi) is 5.83. The SMILES string of the molecule is NC(=O)COc1ccc(NC(=O)/C=C/c2ccc([N+](=O)[O-])cc2)cc1. The minimum absolute atomic E-state index is 0.0137. The number of carbonyl (C=O) groups is 2. The summed E-state index contributed by atoms with van der Waals surface area (Å²) in [5.74, 6) is -0.476. The van der Waals surface area contributed by atoms with Crippen LogP contribution >= 0.6 is 0 Å². The van der Waals surface area contributed by atoms with Crippen LogP contribution in [0.3, 0.4) is 0 Å². The number of nitro benzene ring substituents is 1. The maximum Gasteiger partial charge on any atom is 0.269 e. The smallest absolute Gasteiger partial charge is 0.269 e. The molecule has 3 N–H and O–H groups in total. The zero-order chi connectivity index (χ0) is 18.2. The molecule has 2 aromatic rings. The van der Waals surface area contributed by atoms with Gasteiger partial charge in [0, 0.05) is 23.9 Å². The molecular weight excluding hydrogens is 326 g/mol. The van der Waals surface area contributed by atoms with Crippen LogP contribution < -0.4 is 15.8 Å². The Hall–Kier alpha value is -3.68. The molecule has 2 amide bonds. The molecule has 8 nitrogen and oxygen atoms in total. The van der Waals surface area contributed by atoms with Crippen molar-refractivity contribution in [3.8, 4) is 5.75 Å². The van der Waals surface area contributed by atoms with Crippen LogP contribution in [0.1, 0.15) is 5.56 Å². The molecule has 0 saturated carbocycles. The van der Waals surface area contributed by atoms with E-state index in [-0.39, 0.29) is 18.2 Å².